The van der Waals surface area contributed by atoms with E-state index >= 15 is 0 Å². The largest absolute Gasteiger partial charge is 0.493 e. The molecule has 0 aromatic heterocycles. The molecule has 0 aliphatic carbocycles. The predicted molar refractivity (Wildman–Crippen MR) is 81.6 cm³/mol. The molecule has 2 rings (SSSR count). The van der Waals surface area contributed by atoms with Crippen molar-refractivity contribution in [3.8, 4) is 11.5 Å². The SMILES string of the molecule is COc1cc(C)ccc1OC(CN)c1ccccc1Cl. The molecule has 0 fully saturated rings. The summed E-state index contributed by atoms with van der Waals surface area (Å²) in [7, 11) is 1.62. The van der Waals surface area contributed by atoms with Gasteiger partial charge in [-0.25, -0.2) is 0 Å². The number of hydrogen-bond acceptors (Lipinski definition) is 3. The molecule has 0 heterocycles. The molecule has 4 heteroatoms. The first-order valence-corrected chi connectivity index (χ1v) is 6.79. The van der Waals surface area contributed by atoms with Crippen LogP contribution in [0.4, 0.5) is 0 Å². The summed E-state index contributed by atoms with van der Waals surface area (Å²) in [4.78, 5) is 0. The average molecular weight is 292 g/mol. The van der Waals surface area contributed by atoms with Gasteiger partial charge in [0.1, 0.15) is 6.10 Å². The van der Waals surface area contributed by atoms with Gasteiger partial charge in [-0.3, -0.25) is 0 Å². The molecule has 0 saturated carbocycles. The van der Waals surface area contributed by atoms with Crippen LogP contribution < -0.4 is 15.2 Å². The number of rotatable bonds is 5. The zero-order chi connectivity index (χ0) is 14.5. The van der Waals surface area contributed by atoms with Gasteiger partial charge in [-0.2, -0.15) is 0 Å². The third-order valence-corrected chi connectivity index (χ3v) is 3.40. The number of aryl methyl sites for hydroxylation is 1. The summed E-state index contributed by atoms with van der Waals surface area (Å²) < 4.78 is 11.3. The van der Waals surface area contributed by atoms with Crippen LogP contribution in [0, 0.1) is 6.92 Å². The van der Waals surface area contributed by atoms with Gasteiger partial charge in [-0.1, -0.05) is 35.9 Å². The van der Waals surface area contributed by atoms with E-state index in [1.165, 1.54) is 0 Å². The van der Waals surface area contributed by atoms with Crippen molar-refractivity contribution in [2.24, 2.45) is 5.73 Å². The molecule has 0 radical (unpaired) electrons. The van der Waals surface area contributed by atoms with E-state index in [4.69, 9.17) is 26.8 Å². The fourth-order valence-electron chi connectivity index (χ4n) is 2.00. The maximum absolute atomic E-state index is 6.20. The maximum atomic E-state index is 6.20. The lowest BCUT2D eigenvalue weighted by molar-refractivity contribution is 0.204. The lowest BCUT2D eigenvalue weighted by Crippen LogP contribution is -2.19. The highest BCUT2D eigenvalue weighted by Gasteiger charge is 2.16. The van der Waals surface area contributed by atoms with Gasteiger partial charge in [-0.15, -0.1) is 0 Å². The van der Waals surface area contributed by atoms with Gasteiger partial charge >= 0.3 is 0 Å². The minimum Gasteiger partial charge on any atom is -0.493 e. The van der Waals surface area contributed by atoms with Gasteiger partial charge in [0.15, 0.2) is 11.5 Å². The molecule has 0 aliphatic heterocycles. The van der Waals surface area contributed by atoms with Crippen LogP contribution in [0.1, 0.15) is 17.2 Å². The Labute approximate surface area is 124 Å². The number of nitrogens with two attached hydrogens (primary N) is 1. The Morgan fingerprint density at radius 1 is 1.15 bits per heavy atom. The quantitative estimate of drug-likeness (QED) is 0.913. The molecule has 2 aromatic carbocycles. The summed E-state index contributed by atoms with van der Waals surface area (Å²) in [5, 5.41) is 0.647. The van der Waals surface area contributed by atoms with E-state index in [-0.39, 0.29) is 6.10 Å². The van der Waals surface area contributed by atoms with E-state index in [1.54, 1.807) is 7.11 Å². The fraction of sp³-hybridized carbons (Fsp3) is 0.250. The Morgan fingerprint density at radius 2 is 1.90 bits per heavy atom. The topological polar surface area (TPSA) is 44.5 Å². The fourth-order valence-corrected chi connectivity index (χ4v) is 2.26. The highest BCUT2D eigenvalue weighted by molar-refractivity contribution is 6.31. The molecular formula is C16H18ClNO2. The summed E-state index contributed by atoms with van der Waals surface area (Å²) in [6.07, 6.45) is -0.305. The Morgan fingerprint density at radius 3 is 2.55 bits per heavy atom. The van der Waals surface area contributed by atoms with Crippen LogP contribution in [-0.4, -0.2) is 13.7 Å². The first-order chi connectivity index (χ1) is 9.65. The van der Waals surface area contributed by atoms with Crippen molar-refractivity contribution >= 4 is 11.6 Å². The molecule has 0 spiro atoms. The average Bonchev–Trinajstić information content (AvgIpc) is 2.47. The third kappa shape index (κ3) is 3.24. The molecule has 1 atom stereocenters. The van der Waals surface area contributed by atoms with Gasteiger partial charge in [0.2, 0.25) is 0 Å². The minimum absolute atomic E-state index is 0.305. The molecule has 0 amide bonds. The standard InChI is InChI=1S/C16H18ClNO2/c1-11-7-8-14(15(9-11)19-2)20-16(10-18)12-5-3-4-6-13(12)17/h3-9,16H,10,18H2,1-2H3. The number of halogens is 1. The first-order valence-electron chi connectivity index (χ1n) is 6.41. The molecule has 2 N–H and O–H groups in total. The lowest BCUT2D eigenvalue weighted by Gasteiger charge is -2.20. The summed E-state index contributed by atoms with van der Waals surface area (Å²) in [5.74, 6) is 1.35. The van der Waals surface area contributed by atoms with Gasteiger partial charge in [-0.05, 0) is 30.7 Å². The number of methoxy groups -OCH3 is 1. The van der Waals surface area contributed by atoms with Crippen molar-refractivity contribution in [2.75, 3.05) is 13.7 Å². The lowest BCUT2D eigenvalue weighted by atomic mass is 10.1. The van der Waals surface area contributed by atoms with E-state index in [0.717, 1.165) is 11.1 Å². The number of ether oxygens (including phenoxy) is 2. The van der Waals surface area contributed by atoms with E-state index < -0.39 is 0 Å². The third-order valence-electron chi connectivity index (χ3n) is 3.05. The summed E-state index contributed by atoms with van der Waals surface area (Å²) >= 11 is 6.20. The second-order valence-corrected chi connectivity index (χ2v) is 4.93. The Hall–Kier alpha value is -1.71. The van der Waals surface area contributed by atoms with Crippen LogP contribution in [-0.2, 0) is 0 Å². The zero-order valence-corrected chi connectivity index (χ0v) is 12.4. The number of hydrogen-bond donors (Lipinski definition) is 1. The number of benzene rings is 2. The van der Waals surface area contributed by atoms with Gasteiger partial charge in [0, 0.05) is 17.1 Å². The van der Waals surface area contributed by atoms with Crippen molar-refractivity contribution in [2.45, 2.75) is 13.0 Å². The molecule has 20 heavy (non-hydrogen) atoms. The summed E-state index contributed by atoms with van der Waals surface area (Å²) in [6, 6.07) is 13.3. The molecular weight excluding hydrogens is 274 g/mol. The minimum atomic E-state index is -0.305. The molecule has 2 aromatic rings. The van der Waals surface area contributed by atoms with Gasteiger partial charge < -0.3 is 15.2 Å². The molecule has 0 aliphatic rings. The van der Waals surface area contributed by atoms with Crippen LogP contribution in [0.25, 0.3) is 0 Å². The second kappa shape index (κ2) is 6.64. The smallest absolute Gasteiger partial charge is 0.162 e. The monoisotopic (exact) mass is 291 g/mol. The normalized spacial score (nSPS) is 12.0. The molecule has 0 bridgehead atoms. The van der Waals surface area contributed by atoms with Crippen LogP contribution in [0.3, 0.4) is 0 Å². The van der Waals surface area contributed by atoms with E-state index in [1.807, 2.05) is 49.4 Å². The molecule has 0 saturated heterocycles. The highest BCUT2D eigenvalue weighted by Crippen LogP contribution is 2.33. The summed E-state index contributed by atoms with van der Waals surface area (Å²) in [5.41, 5.74) is 7.80. The van der Waals surface area contributed by atoms with Crippen molar-refractivity contribution in [1.29, 1.82) is 0 Å². The Balaban J connectivity index is 2.29. The Kier molecular flexibility index (Phi) is 4.88. The Bertz CT molecular complexity index is 586. The van der Waals surface area contributed by atoms with Crippen LogP contribution in [0.15, 0.2) is 42.5 Å². The van der Waals surface area contributed by atoms with Crippen molar-refractivity contribution in [3.05, 3.63) is 58.6 Å². The molecule has 106 valence electrons. The van der Waals surface area contributed by atoms with Crippen LogP contribution in [0.2, 0.25) is 5.02 Å². The van der Waals surface area contributed by atoms with Crippen LogP contribution in [0.5, 0.6) is 11.5 Å². The van der Waals surface area contributed by atoms with Gasteiger partial charge in [0.05, 0.1) is 7.11 Å². The van der Waals surface area contributed by atoms with Crippen molar-refractivity contribution in [1.82, 2.24) is 0 Å². The first kappa shape index (κ1) is 14.7. The summed E-state index contributed by atoms with van der Waals surface area (Å²) in [6.45, 7) is 2.33. The van der Waals surface area contributed by atoms with E-state index in [2.05, 4.69) is 0 Å². The van der Waals surface area contributed by atoms with E-state index in [9.17, 15) is 0 Å². The van der Waals surface area contributed by atoms with Crippen molar-refractivity contribution < 1.29 is 9.47 Å². The molecule has 3 nitrogen and oxygen atoms in total. The maximum Gasteiger partial charge on any atom is 0.162 e. The van der Waals surface area contributed by atoms with Gasteiger partial charge in [0.25, 0.3) is 0 Å². The zero-order valence-electron chi connectivity index (χ0n) is 11.6. The van der Waals surface area contributed by atoms with Crippen molar-refractivity contribution in [3.63, 3.8) is 0 Å². The highest BCUT2D eigenvalue weighted by atomic mass is 35.5. The molecule has 1 unspecified atom stereocenters. The van der Waals surface area contributed by atoms with E-state index in [0.29, 0.717) is 23.1 Å². The second-order valence-electron chi connectivity index (χ2n) is 4.52. The predicted octanol–water partition coefficient (Wildman–Crippen LogP) is 3.74. The van der Waals surface area contributed by atoms with Crippen LogP contribution >= 0.6 is 11.6 Å².